The maximum atomic E-state index is 11.8. The summed E-state index contributed by atoms with van der Waals surface area (Å²) in [5.74, 6) is -3.44. The van der Waals surface area contributed by atoms with Gasteiger partial charge in [0.1, 0.15) is 23.8 Å². The van der Waals surface area contributed by atoms with Crippen molar-refractivity contribution >= 4 is 36.3 Å². The first kappa shape index (κ1) is 23.0. The molecule has 0 spiro atoms. The van der Waals surface area contributed by atoms with Crippen LogP contribution in [0.3, 0.4) is 0 Å². The molecule has 2 aromatic rings. The van der Waals surface area contributed by atoms with E-state index in [0.717, 1.165) is 0 Å². The van der Waals surface area contributed by atoms with Crippen LogP contribution in [-0.2, 0) is 23.6 Å². The van der Waals surface area contributed by atoms with Crippen molar-refractivity contribution in [2.24, 2.45) is 0 Å². The van der Waals surface area contributed by atoms with Crippen molar-refractivity contribution in [3.8, 4) is 0 Å². The van der Waals surface area contributed by atoms with Gasteiger partial charge in [-0.3, -0.25) is 9.13 Å². The summed E-state index contributed by atoms with van der Waals surface area (Å²) < 4.78 is 28.1. The van der Waals surface area contributed by atoms with Gasteiger partial charge in [-0.05, 0) is 25.4 Å². The molecule has 3 rings (SSSR count). The van der Waals surface area contributed by atoms with Gasteiger partial charge in [0.2, 0.25) is 5.28 Å². The lowest BCUT2D eigenvalue weighted by molar-refractivity contribution is -0.155. The lowest BCUT2D eigenvalue weighted by atomic mass is 10.1. The predicted octanol–water partition coefficient (Wildman–Crippen LogP) is -0.509. The van der Waals surface area contributed by atoms with E-state index in [0.29, 0.717) is 11.2 Å². The minimum atomic E-state index is -5.00. The monoisotopic (exact) mass is 466 g/mol. The molecule has 3 heterocycles. The van der Waals surface area contributed by atoms with E-state index < -0.39 is 50.6 Å². The number of imidazole rings is 1. The number of esters is 1. The second-order valence-electron chi connectivity index (χ2n) is 6.48. The highest BCUT2D eigenvalue weighted by Gasteiger charge is 2.46. The maximum Gasteiger partial charge on any atom is 0.365 e. The highest BCUT2D eigenvalue weighted by Crippen LogP contribution is 2.43. The SMILES string of the molecule is CCOC(=O)[C@@H](OC[C@H]1O[C@@H](n2cnc3c(C)nc(Cl)nc32)[C@H](O)[C@H]1O)P(=O)(O)O. The molecular formula is C15H20ClN4O9P. The number of aryl methyl sites for hydroxylation is 1. The zero-order valence-electron chi connectivity index (χ0n) is 15.8. The molecule has 1 aliphatic heterocycles. The molecule has 2 aromatic heterocycles. The van der Waals surface area contributed by atoms with Gasteiger partial charge in [-0.1, -0.05) is 0 Å². The van der Waals surface area contributed by atoms with Crippen LogP contribution in [-0.4, -0.2) is 82.9 Å². The molecule has 13 nitrogen and oxygen atoms in total. The molecule has 30 heavy (non-hydrogen) atoms. The summed E-state index contributed by atoms with van der Waals surface area (Å²) in [4.78, 5) is 42.6. The molecule has 4 N–H and O–H groups in total. The fourth-order valence-corrected chi connectivity index (χ4v) is 3.85. The molecule has 15 heteroatoms. The number of ether oxygens (including phenoxy) is 3. The minimum absolute atomic E-state index is 0.0476. The summed E-state index contributed by atoms with van der Waals surface area (Å²) in [6.07, 6.45) is -4.00. The number of rotatable bonds is 7. The van der Waals surface area contributed by atoms with Crippen molar-refractivity contribution in [3.05, 3.63) is 17.3 Å². The second kappa shape index (κ2) is 8.81. The number of aromatic nitrogens is 4. The lowest BCUT2D eigenvalue weighted by Gasteiger charge is -2.20. The molecule has 5 atom stereocenters. The molecule has 0 saturated carbocycles. The van der Waals surface area contributed by atoms with Gasteiger partial charge in [-0.2, -0.15) is 4.98 Å². The summed E-state index contributed by atoms with van der Waals surface area (Å²) in [7, 11) is -5.00. The van der Waals surface area contributed by atoms with E-state index in [2.05, 4.69) is 19.7 Å². The molecule has 0 radical (unpaired) electrons. The zero-order valence-corrected chi connectivity index (χ0v) is 17.5. The second-order valence-corrected chi connectivity index (χ2v) is 8.46. The third-order valence-corrected chi connectivity index (χ3v) is 5.53. The first-order chi connectivity index (χ1) is 14.0. The van der Waals surface area contributed by atoms with E-state index in [1.807, 2.05) is 0 Å². The van der Waals surface area contributed by atoms with E-state index in [1.165, 1.54) is 17.8 Å². The number of hydrogen-bond donors (Lipinski definition) is 4. The number of carbonyl (C=O) groups excluding carboxylic acids is 1. The van der Waals surface area contributed by atoms with Gasteiger partial charge in [0.15, 0.2) is 11.9 Å². The molecule has 1 fully saturated rings. The summed E-state index contributed by atoms with van der Waals surface area (Å²) in [6, 6.07) is 0. The van der Waals surface area contributed by atoms with Gasteiger partial charge in [0.25, 0.3) is 5.85 Å². The number of aliphatic hydroxyl groups excluding tert-OH is 2. The van der Waals surface area contributed by atoms with E-state index in [9.17, 15) is 29.4 Å². The van der Waals surface area contributed by atoms with E-state index >= 15 is 0 Å². The summed E-state index contributed by atoms with van der Waals surface area (Å²) >= 11 is 5.88. The fourth-order valence-electron chi connectivity index (χ4n) is 3.01. The van der Waals surface area contributed by atoms with Crippen molar-refractivity contribution in [3.63, 3.8) is 0 Å². The van der Waals surface area contributed by atoms with E-state index in [4.69, 9.17) is 21.1 Å². The Balaban J connectivity index is 1.79. The van der Waals surface area contributed by atoms with Crippen LogP contribution in [0.5, 0.6) is 0 Å². The van der Waals surface area contributed by atoms with Crippen LogP contribution in [0.4, 0.5) is 0 Å². The quantitative estimate of drug-likeness (QED) is 0.233. The van der Waals surface area contributed by atoms with Crippen LogP contribution in [0.25, 0.3) is 11.2 Å². The van der Waals surface area contributed by atoms with Crippen LogP contribution in [0.15, 0.2) is 6.33 Å². The van der Waals surface area contributed by atoms with Crippen molar-refractivity contribution in [1.82, 2.24) is 19.5 Å². The van der Waals surface area contributed by atoms with Gasteiger partial charge in [0, 0.05) is 0 Å². The van der Waals surface area contributed by atoms with Crippen LogP contribution in [0.1, 0.15) is 18.8 Å². The summed E-state index contributed by atoms with van der Waals surface area (Å²) in [5, 5.41) is 20.7. The minimum Gasteiger partial charge on any atom is -0.464 e. The van der Waals surface area contributed by atoms with Crippen molar-refractivity contribution in [2.75, 3.05) is 13.2 Å². The number of fused-ring (bicyclic) bond motifs is 1. The maximum absolute atomic E-state index is 11.8. The third kappa shape index (κ3) is 4.48. The van der Waals surface area contributed by atoms with Crippen molar-refractivity contribution in [1.29, 1.82) is 0 Å². The predicted molar refractivity (Wildman–Crippen MR) is 99.4 cm³/mol. The Morgan fingerprint density at radius 2 is 2.07 bits per heavy atom. The molecule has 0 amide bonds. The smallest absolute Gasteiger partial charge is 0.365 e. The normalized spacial score (nSPS) is 25.6. The first-order valence-corrected chi connectivity index (χ1v) is 10.8. The molecule has 1 saturated heterocycles. The molecular weight excluding hydrogens is 447 g/mol. The average molecular weight is 467 g/mol. The zero-order chi connectivity index (χ0) is 22.2. The van der Waals surface area contributed by atoms with Crippen molar-refractivity contribution < 1.29 is 43.6 Å². The highest BCUT2D eigenvalue weighted by molar-refractivity contribution is 7.53. The number of halogens is 1. The first-order valence-electron chi connectivity index (χ1n) is 8.76. The van der Waals surface area contributed by atoms with Crippen molar-refractivity contribution in [2.45, 2.75) is 44.2 Å². The van der Waals surface area contributed by atoms with Gasteiger partial charge in [0.05, 0.1) is 25.2 Å². The Labute approximate surface area is 174 Å². The van der Waals surface area contributed by atoms with Crippen LogP contribution < -0.4 is 0 Å². The summed E-state index contributed by atoms with van der Waals surface area (Å²) in [6.45, 7) is 2.42. The third-order valence-electron chi connectivity index (χ3n) is 4.39. The number of aliphatic hydroxyl groups is 2. The Kier molecular flexibility index (Phi) is 6.75. The van der Waals surface area contributed by atoms with Gasteiger partial charge in [-0.15, -0.1) is 0 Å². The molecule has 0 aromatic carbocycles. The fraction of sp³-hybridized carbons (Fsp3) is 0.600. The molecule has 0 aliphatic carbocycles. The van der Waals surface area contributed by atoms with E-state index in [1.54, 1.807) is 6.92 Å². The average Bonchev–Trinajstić information content (AvgIpc) is 3.17. The highest BCUT2D eigenvalue weighted by atomic mass is 35.5. The Bertz CT molecular complexity index is 982. The standard InChI is InChI=1S/C15H20ClN4O9P/c1-3-27-13(23)14(30(24,25)26)28-4-7-9(21)10(22)12(29-7)20-5-17-8-6(2)18-15(16)19-11(8)20/h5,7,9-10,12,14,21-22H,3-4H2,1-2H3,(H2,24,25,26)/t7-,9+,10-,12-,14+/m1/s1. The Morgan fingerprint density at radius 1 is 1.37 bits per heavy atom. The van der Waals surface area contributed by atoms with Gasteiger partial charge >= 0.3 is 13.6 Å². The molecule has 1 aliphatic rings. The van der Waals surface area contributed by atoms with Crippen LogP contribution in [0.2, 0.25) is 5.28 Å². The van der Waals surface area contributed by atoms with Gasteiger partial charge in [-0.25, -0.2) is 14.8 Å². The Morgan fingerprint density at radius 3 is 2.70 bits per heavy atom. The number of hydrogen-bond acceptors (Lipinski definition) is 10. The lowest BCUT2D eigenvalue weighted by Crippen LogP contribution is -2.36. The van der Waals surface area contributed by atoms with Gasteiger partial charge < -0.3 is 34.2 Å². The van der Waals surface area contributed by atoms with E-state index in [-0.39, 0.29) is 17.5 Å². The Hall–Kier alpha value is -1.70. The van der Waals surface area contributed by atoms with Crippen LogP contribution >= 0.6 is 19.2 Å². The number of carbonyl (C=O) groups is 1. The topological polar surface area (TPSA) is 186 Å². The largest absolute Gasteiger partial charge is 0.464 e. The molecule has 0 bridgehead atoms. The number of nitrogens with zero attached hydrogens (tertiary/aromatic N) is 4. The van der Waals surface area contributed by atoms with Crippen LogP contribution in [0, 0.1) is 6.92 Å². The molecule has 0 unspecified atom stereocenters. The molecule has 166 valence electrons. The summed E-state index contributed by atoms with van der Waals surface area (Å²) in [5.41, 5.74) is 1.16.